The van der Waals surface area contributed by atoms with Gasteiger partial charge in [-0.3, -0.25) is 19.4 Å². The molecule has 0 aliphatic carbocycles. The summed E-state index contributed by atoms with van der Waals surface area (Å²) >= 11 is 7.76. The smallest absolute Gasteiger partial charge is 0.265 e. The third kappa shape index (κ3) is 3.44. The van der Waals surface area contributed by atoms with E-state index in [1.165, 1.54) is 34.9 Å². The molecule has 134 valence electrons. The number of hydrogen-bond donors (Lipinski definition) is 0. The van der Waals surface area contributed by atoms with Crippen LogP contribution in [0.25, 0.3) is 6.08 Å². The zero-order chi connectivity index (χ0) is 19.0. The van der Waals surface area contributed by atoms with E-state index in [9.17, 15) is 9.59 Å². The Morgan fingerprint density at radius 3 is 2.69 bits per heavy atom. The van der Waals surface area contributed by atoms with Crippen molar-refractivity contribution in [3.63, 3.8) is 0 Å². The summed E-state index contributed by atoms with van der Waals surface area (Å²) in [6.45, 7) is 5.52. The first-order chi connectivity index (χ1) is 12.3. The summed E-state index contributed by atoms with van der Waals surface area (Å²) in [7, 11) is 1.66. The number of benzene rings is 1. The molecule has 8 heteroatoms. The van der Waals surface area contributed by atoms with Crippen molar-refractivity contribution in [3.05, 3.63) is 45.3 Å². The van der Waals surface area contributed by atoms with E-state index in [1.807, 2.05) is 37.4 Å². The van der Waals surface area contributed by atoms with Crippen molar-refractivity contribution >= 4 is 68.3 Å². The second-order valence-electron chi connectivity index (χ2n) is 5.87. The van der Waals surface area contributed by atoms with Crippen LogP contribution < -0.4 is 4.90 Å². The zero-order valence-corrected chi connectivity index (χ0v) is 17.2. The van der Waals surface area contributed by atoms with Crippen molar-refractivity contribution in [2.45, 2.75) is 20.8 Å². The molecule has 1 aromatic heterocycles. The Labute approximate surface area is 165 Å². The third-order valence-electron chi connectivity index (χ3n) is 4.10. The van der Waals surface area contributed by atoms with Crippen LogP contribution in [0.1, 0.15) is 23.7 Å². The summed E-state index contributed by atoms with van der Waals surface area (Å²) in [5.41, 5.74) is 3.59. The van der Waals surface area contributed by atoms with Gasteiger partial charge in [-0.1, -0.05) is 36.1 Å². The number of nitrogens with zero attached hydrogens (tertiary/aromatic N) is 3. The van der Waals surface area contributed by atoms with E-state index in [4.69, 9.17) is 12.2 Å². The molecule has 0 N–H and O–H groups in total. The fraction of sp³-hybridized carbons (Fsp3) is 0.222. The lowest BCUT2D eigenvalue weighted by Gasteiger charge is -2.21. The van der Waals surface area contributed by atoms with E-state index in [0.29, 0.717) is 20.1 Å². The Kier molecular flexibility index (Phi) is 5.27. The van der Waals surface area contributed by atoms with Gasteiger partial charge in [-0.25, -0.2) is 4.98 Å². The molecule has 0 bridgehead atoms. The highest BCUT2D eigenvalue weighted by Gasteiger charge is 2.29. The molecule has 5 nitrogen and oxygen atoms in total. The number of hydrogen-bond acceptors (Lipinski definition) is 6. The number of likely N-dealkylation sites (N-methyl/N-ethyl adjacent to an activating group) is 1. The van der Waals surface area contributed by atoms with Crippen molar-refractivity contribution in [2.24, 2.45) is 0 Å². The van der Waals surface area contributed by atoms with Gasteiger partial charge in [-0.2, -0.15) is 0 Å². The number of thiocarbonyl (C=S) groups is 1. The third-order valence-corrected chi connectivity index (χ3v) is 6.43. The van der Waals surface area contributed by atoms with E-state index < -0.39 is 0 Å². The van der Waals surface area contributed by atoms with E-state index in [0.717, 1.165) is 16.8 Å². The molecule has 0 saturated carbocycles. The number of carbonyl (C=O) groups excluding carboxylic acids is 2. The van der Waals surface area contributed by atoms with Crippen LogP contribution in [0.4, 0.5) is 10.8 Å². The van der Waals surface area contributed by atoms with E-state index >= 15 is 0 Å². The van der Waals surface area contributed by atoms with E-state index in [2.05, 4.69) is 4.98 Å². The summed E-state index contributed by atoms with van der Waals surface area (Å²) in [6.07, 6.45) is 1.71. The average molecular weight is 404 g/mol. The number of thioether (sulfide) groups is 1. The number of aryl methyl sites for hydroxylation is 1. The summed E-state index contributed by atoms with van der Waals surface area (Å²) in [5, 5.41) is 2.41. The standard InChI is InChI=1S/C18H17N3O2S3/c1-10-6-5-7-14(11(10)2)21(12(3)22)17-19-13(9-25-17)8-15-16(23)20(4)18(24)26-15/h5-9H,1-4H3. The molecule has 1 fully saturated rings. The van der Waals surface area contributed by atoms with E-state index in [-0.39, 0.29) is 11.8 Å². The molecule has 2 aromatic rings. The van der Waals surface area contributed by atoms with Gasteiger partial charge in [-0.15, -0.1) is 11.3 Å². The number of anilines is 2. The lowest BCUT2D eigenvalue weighted by molar-refractivity contribution is -0.121. The SMILES string of the molecule is CC(=O)N(c1nc(C=C2SC(=S)N(C)C2=O)cs1)c1cccc(C)c1C. The van der Waals surface area contributed by atoms with Crippen molar-refractivity contribution in [1.82, 2.24) is 9.88 Å². The van der Waals surface area contributed by atoms with Crippen molar-refractivity contribution < 1.29 is 9.59 Å². The highest BCUT2D eigenvalue weighted by atomic mass is 32.2. The van der Waals surface area contributed by atoms with Gasteiger partial charge in [0.25, 0.3) is 5.91 Å². The molecule has 26 heavy (non-hydrogen) atoms. The van der Waals surface area contributed by atoms with Crippen LogP contribution in [0.15, 0.2) is 28.5 Å². The first kappa shape index (κ1) is 18.8. The molecule has 2 heterocycles. The Morgan fingerprint density at radius 2 is 2.08 bits per heavy atom. The zero-order valence-electron chi connectivity index (χ0n) is 14.8. The Hall–Kier alpha value is -2.03. The number of amides is 2. The molecule has 0 unspecified atom stereocenters. The average Bonchev–Trinajstić information content (AvgIpc) is 3.13. The Balaban J connectivity index is 1.97. The van der Waals surface area contributed by atoms with Crippen LogP contribution in [0.3, 0.4) is 0 Å². The molecule has 3 rings (SSSR count). The summed E-state index contributed by atoms with van der Waals surface area (Å²) in [5.74, 6) is -0.244. The minimum atomic E-state index is -0.132. The van der Waals surface area contributed by atoms with Crippen LogP contribution in [-0.2, 0) is 9.59 Å². The van der Waals surface area contributed by atoms with Crippen LogP contribution in [0, 0.1) is 13.8 Å². The molecule has 0 radical (unpaired) electrons. The van der Waals surface area contributed by atoms with Crippen molar-refractivity contribution in [1.29, 1.82) is 0 Å². The van der Waals surface area contributed by atoms with Crippen molar-refractivity contribution in [2.75, 3.05) is 11.9 Å². The largest absolute Gasteiger partial charge is 0.296 e. The fourth-order valence-corrected chi connectivity index (χ4v) is 4.51. The predicted octanol–water partition coefficient (Wildman–Crippen LogP) is 4.28. The molecular formula is C18H17N3O2S3. The second-order valence-corrected chi connectivity index (χ2v) is 8.38. The lowest BCUT2D eigenvalue weighted by atomic mass is 10.1. The van der Waals surface area contributed by atoms with Gasteiger partial charge in [0.2, 0.25) is 5.91 Å². The highest BCUT2D eigenvalue weighted by molar-refractivity contribution is 8.26. The maximum absolute atomic E-state index is 12.3. The first-order valence-electron chi connectivity index (χ1n) is 7.83. The summed E-state index contributed by atoms with van der Waals surface area (Å²) < 4.78 is 0.525. The topological polar surface area (TPSA) is 53.5 Å². The second kappa shape index (κ2) is 7.30. The minimum Gasteiger partial charge on any atom is -0.296 e. The molecule has 0 atom stereocenters. The summed E-state index contributed by atoms with van der Waals surface area (Å²) in [4.78, 5) is 32.6. The van der Waals surface area contributed by atoms with Gasteiger partial charge in [0.05, 0.1) is 16.3 Å². The quantitative estimate of drug-likeness (QED) is 0.566. The lowest BCUT2D eigenvalue weighted by Crippen LogP contribution is -2.23. The maximum atomic E-state index is 12.3. The van der Waals surface area contributed by atoms with Gasteiger partial charge < -0.3 is 0 Å². The Bertz CT molecular complexity index is 949. The van der Waals surface area contributed by atoms with Gasteiger partial charge in [0, 0.05) is 19.4 Å². The number of rotatable bonds is 3. The van der Waals surface area contributed by atoms with Crippen LogP contribution in [0.2, 0.25) is 0 Å². The number of carbonyl (C=O) groups is 2. The van der Waals surface area contributed by atoms with Gasteiger partial charge >= 0.3 is 0 Å². The molecule has 2 amide bonds. The first-order valence-corrected chi connectivity index (χ1v) is 9.94. The molecular weight excluding hydrogens is 386 g/mol. The normalized spacial score (nSPS) is 15.8. The highest BCUT2D eigenvalue weighted by Crippen LogP contribution is 2.35. The molecule has 0 spiro atoms. The fourth-order valence-electron chi connectivity index (χ4n) is 2.51. The van der Waals surface area contributed by atoms with Crippen LogP contribution in [-0.4, -0.2) is 33.1 Å². The van der Waals surface area contributed by atoms with Crippen LogP contribution in [0.5, 0.6) is 0 Å². The molecule has 1 aromatic carbocycles. The number of aromatic nitrogens is 1. The maximum Gasteiger partial charge on any atom is 0.265 e. The monoisotopic (exact) mass is 403 g/mol. The van der Waals surface area contributed by atoms with Gasteiger partial charge in [-0.05, 0) is 37.1 Å². The van der Waals surface area contributed by atoms with Crippen molar-refractivity contribution in [3.8, 4) is 0 Å². The van der Waals surface area contributed by atoms with Gasteiger partial charge in [0.15, 0.2) is 5.13 Å². The number of thiazole rings is 1. The van der Waals surface area contributed by atoms with E-state index in [1.54, 1.807) is 18.0 Å². The van der Waals surface area contributed by atoms with Crippen LogP contribution >= 0.6 is 35.3 Å². The predicted molar refractivity (Wildman–Crippen MR) is 112 cm³/mol. The summed E-state index contributed by atoms with van der Waals surface area (Å²) in [6, 6.07) is 5.85. The van der Waals surface area contributed by atoms with Gasteiger partial charge in [0.1, 0.15) is 4.32 Å². The molecule has 1 aliphatic heterocycles. The Morgan fingerprint density at radius 1 is 1.35 bits per heavy atom. The molecule has 1 saturated heterocycles. The molecule has 1 aliphatic rings. The minimum absolute atomic E-state index is 0.112.